The first-order valence-electron chi connectivity index (χ1n) is 8.42. The summed E-state index contributed by atoms with van der Waals surface area (Å²) in [5.74, 6) is 0.584. The number of nitrogens with zero attached hydrogens (tertiary/aromatic N) is 5. The van der Waals surface area contributed by atoms with Crippen molar-refractivity contribution >= 4 is 5.97 Å². The lowest BCUT2D eigenvalue weighted by Crippen LogP contribution is -2.25. The molecule has 0 bridgehead atoms. The maximum atomic E-state index is 11.6. The Morgan fingerprint density at radius 2 is 2.07 bits per heavy atom. The molecule has 27 heavy (non-hydrogen) atoms. The van der Waals surface area contributed by atoms with Gasteiger partial charge in [0.1, 0.15) is 18.5 Å². The monoisotopic (exact) mass is 369 g/mol. The summed E-state index contributed by atoms with van der Waals surface area (Å²) in [6.45, 7) is 2.25. The van der Waals surface area contributed by atoms with E-state index in [1.807, 2.05) is 6.07 Å². The first-order valence-corrected chi connectivity index (χ1v) is 8.42. The molecule has 0 saturated carbocycles. The lowest BCUT2D eigenvalue weighted by molar-refractivity contribution is 0.0526. The molecule has 1 atom stereocenters. The number of benzene rings is 1. The van der Waals surface area contributed by atoms with Gasteiger partial charge in [0, 0.05) is 18.0 Å². The summed E-state index contributed by atoms with van der Waals surface area (Å²) in [6, 6.07) is 10.1. The average Bonchev–Trinajstić information content (AvgIpc) is 3.16. The Morgan fingerprint density at radius 3 is 2.78 bits per heavy atom. The van der Waals surface area contributed by atoms with Gasteiger partial charge in [-0.25, -0.2) is 4.79 Å². The standard InChI is InChI=1S/C18H19N5O4/c1-2-26-18(25)13-5-7-16(8-6-13)27-12-15(24)11-23-21-17(20-22-23)14-4-3-9-19-10-14/h3-10,15,24H,2,11-12H2,1H3/t15-/m1/s1. The fourth-order valence-corrected chi connectivity index (χ4v) is 2.27. The highest BCUT2D eigenvalue weighted by Crippen LogP contribution is 2.14. The highest BCUT2D eigenvalue weighted by molar-refractivity contribution is 5.89. The first kappa shape index (κ1) is 18.5. The highest BCUT2D eigenvalue weighted by atomic mass is 16.5. The number of carbonyl (C=O) groups is 1. The molecule has 0 fully saturated rings. The number of hydrogen-bond acceptors (Lipinski definition) is 8. The van der Waals surface area contributed by atoms with E-state index in [4.69, 9.17) is 9.47 Å². The molecule has 0 aliphatic rings. The van der Waals surface area contributed by atoms with Crippen LogP contribution in [-0.4, -0.2) is 55.6 Å². The van der Waals surface area contributed by atoms with Gasteiger partial charge in [-0.05, 0) is 48.5 Å². The van der Waals surface area contributed by atoms with Crippen LogP contribution < -0.4 is 4.74 Å². The van der Waals surface area contributed by atoms with E-state index in [1.54, 1.807) is 49.6 Å². The van der Waals surface area contributed by atoms with Crippen molar-refractivity contribution in [1.82, 2.24) is 25.2 Å². The molecule has 9 nitrogen and oxygen atoms in total. The van der Waals surface area contributed by atoms with Crippen LogP contribution in [0.5, 0.6) is 5.75 Å². The third kappa shape index (κ3) is 5.08. The second-order valence-corrected chi connectivity index (χ2v) is 5.62. The number of esters is 1. The van der Waals surface area contributed by atoms with E-state index in [1.165, 1.54) is 4.80 Å². The van der Waals surface area contributed by atoms with Gasteiger partial charge in [0.2, 0.25) is 5.82 Å². The minimum absolute atomic E-state index is 0.0442. The molecule has 140 valence electrons. The summed E-state index contributed by atoms with van der Waals surface area (Å²) < 4.78 is 10.4. The smallest absolute Gasteiger partial charge is 0.338 e. The minimum Gasteiger partial charge on any atom is -0.491 e. The van der Waals surface area contributed by atoms with E-state index in [-0.39, 0.29) is 19.1 Å². The van der Waals surface area contributed by atoms with Crippen molar-refractivity contribution in [2.24, 2.45) is 0 Å². The molecule has 1 N–H and O–H groups in total. The summed E-state index contributed by atoms with van der Waals surface area (Å²) in [4.78, 5) is 16.9. The summed E-state index contributed by atoms with van der Waals surface area (Å²) in [6.07, 6.45) is 2.47. The second-order valence-electron chi connectivity index (χ2n) is 5.62. The molecule has 3 rings (SSSR count). The van der Waals surface area contributed by atoms with E-state index < -0.39 is 6.10 Å². The number of aromatic nitrogens is 5. The zero-order chi connectivity index (χ0) is 19.1. The van der Waals surface area contributed by atoms with Gasteiger partial charge in [0.25, 0.3) is 0 Å². The number of carbonyl (C=O) groups excluding carboxylic acids is 1. The molecule has 0 aliphatic heterocycles. The fraction of sp³-hybridized carbons (Fsp3) is 0.278. The van der Waals surface area contributed by atoms with Crippen molar-refractivity contribution in [1.29, 1.82) is 0 Å². The van der Waals surface area contributed by atoms with Crippen LogP contribution in [0.4, 0.5) is 0 Å². The van der Waals surface area contributed by atoms with Crippen LogP contribution in [0.15, 0.2) is 48.8 Å². The number of ether oxygens (including phenoxy) is 2. The van der Waals surface area contributed by atoms with Crippen LogP contribution in [-0.2, 0) is 11.3 Å². The predicted octanol–water partition coefficient (Wildman–Crippen LogP) is 1.35. The quantitative estimate of drug-likeness (QED) is 0.592. The topological polar surface area (TPSA) is 112 Å². The Hall–Kier alpha value is -3.33. The molecule has 0 spiro atoms. The van der Waals surface area contributed by atoms with Crippen LogP contribution in [0.2, 0.25) is 0 Å². The van der Waals surface area contributed by atoms with Gasteiger partial charge >= 0.3 is 5.97 Å². The zero-order valence-corrected chi connectivity index (χ0v) is 14.7. The molecule has 2 aromatic heterocycles. The normalized spacial score (nSPS) is 11.8. The van der Waals surface area contributed by atoms with Crippen LogP contribution in [0.1, 0.15) is 17.3 Å². The number of aliphatic hydroxyl groups is 1. The van der Waals surface area contributed by atoms with Gasteiger partial charge in [0.05, 0.1) is 18.7 Å². The molecular weight excluding hydrogens is 350 g/mol. The molecule has 9 heteroatoms. The zero-order valence-electron chi connectivity index (χ0n) is 14.7. The third-order valence-corrected chi connectivity index (χ3v) is 3.55. The maximum absolute atomic E-state index is 11.6. The Balaban J connectivity index is 1.50. The van der Waals surface area contributed by atoms with Gasteiger partial charge < -0.3 is 14.6 Å². The average molecular weight is 369 g/mol. The molecule has 0 unspecified atom stereocenters. The van der Waals surface area contributed by atoms with E-state index in [2.05, 4.69) is 20.4 Å². The fourth-order valence-electron chi connectivity index (χ4n) is 2.27. The highest BCUT2D eigenvalue weighted by Gasteiger charge is 2.12. The number of rotatable bonds is 8. The Morgan fingerprint density at radius 1 is 1.26 bits per heavy atom. The number of aliphatic hydroxyl groups excluding tert-OH is 1. The van der Waals surface area contributed by atoms with Gasteiger partial charge in [0.15, 0.2) is 0 Å². The lowest BCUT2D eigenvalue weighted by Gasteiger charge is -2.11. The summed E-state index contributed by atoms with van der Waals surface area (Å²) >= 11 is 0. The van der Waals surface area contributed by atoms with Gasteiger partial charge in [-0.2, -0.15) is 4.80 Å². The molecule has 1 aromatic carbocycles. The Bertz CT molecular complexity index is 867. The number of tetrazole rings is 1. The van der Waals surface area contributed by atoms with E-state index in [0.717, 1.165) is 5.56 Å². The van der Waals surface area contributed by atoms with Crippen molar-refractivity contribution in [3.05, 3.63) is 54.4 Å². The largest absolute Gasteiger partial charge is 0.491 e. The maximum Gasteiger partial charge on any atom is 0.338 e. The molecular formula is C18H19N5O4. The number of hydrogen-bond donors (Lipinski definition) is 1. The van der Waals surface area contributed by atoms with Gasteiger partial charge in [-0.15, -0.1) is 10.2 Å². The van der Waals surface area contributed by atoms with Crippen molar-refractivity contribution < 1.29 is 19.4 Å². The van der Waals surface area contributed by atoms with Crippen LogP contribution in [0.25, 0.3) is 11.4 Å². The second kappa shape index (κ2) is 8.86. The van der Waals surface area contributed by atoms with Gasteiger partial charge in [-0.1, -0.05) is 0 Å². The van der Waals surface area contributed by atoms with Crippen LogP contribution in [0, 0.1) is 0 Å². The summed E-state index contributed by atoms with van der Waals surface area (Å²) in [5, 5.41) is 22.2. The molecule has 0 radical (unpaired) electrons. The van der Waals surface area contributed by atoms with Gasteiger partial charge in [-0.3, -0.25) is 4.98 Å². The third-order valence-electron chi connectivity index (χ3n) is 3.55. The van der Waals surface area contributed by atoms with E-state index >= 15 is 0 Å². The SMILES string of the molecule is CCOC(=O)c1ccc(OC[C@H](O)Cn2nnc(-c3cccnc3)n2)cc1. The van der Waals surface area contributed by atoms with Crippen LogP contribution >= 0.6 is 0 Å². The predicted molar refractivity (Wildman–Crippen MR) is 94.9 cm³/mol. The van der Waals surface area contributed by atoms with E-state index in [0.29, 0.717) is 23.7 Å². The lowest BCUT2D eigenvalue weighted by atomic mass is 10.2. The van der Waals surface area contributed by atoms with Crippen molar-refractivity contribution in [3.63, 3.8) is 0 Å². The summed E-state index contributed by atoms with van der Waals surface area (Å²) in [5.41, 5.74) is 1.19. The van der Waals surface area contributed by atoms with Crippen molar-refractivity contribution in [2.45, 2.75) is 19.6 Å². The molecule has 0 aliphatic carbocycles. The Kier molecular flexibility index (Phi) is 6.06. The van der Waals surface area contributed by atoms with Crippen molar-refractivity contribution in [2.75, 3.05) is 13.2 Å². The first-order chi connectivity index (χ1) is 13.2. The summed E-state index contributed by atoms with van der Waals surface area (Å²) in [7, 11) is 0. The molecule has 2 heterocycles. The number of pyridine rings is 1. The minimum atomic E-state index is -0.828. The van der Waals surface area contributed by atoms with Crippen molar-refractivity contribution in [3.8, 4) is 17.1 Å². The molecule has 0 amide bonds. The van der Waals surface area contributed by atoms with E-state index in [9.17, 15) is 9.90 Å². The molecule has 0 saturated heterocycles. The molecule has 3 aromatic rings. The van der Waals surface area contributed by atoms with Crippen LogP contribution in [0.3, 0.4) is 0 Å². The Labute approximate surface area is 155 Å².